The number of amides is 1. The van der Waals surface area contributed by atoms with Gasteiger partial charge in [-0.2, -0.15) is 0 Å². The summed E-state index contributed by atoms with van der Waals surface area (Å²) in [5.41, 5.74) is -0.889. The zero-order chi connectivity index (χ0) is 16.0. The number of unbranched alkanes of at least 4 members (excludes halogenated alkanes) is 1. The molecule has 0 heterocycles. The van der Waals surface area contributed by atoms with E-state index in [1.165, 1.54) is 12.5 Å². The van der Waals surface area contributed by atoms with E-state index in [0.29, 0.717) is 0 Å². The molecule has 3 heteroatoms. The highest BCUT2D eigenvalue weighted by Crippen LogP contribution is 1.96. The highest BCUT2D eigenvalue weighted by molar-refractivity contribution is 5.87. The van der Waals surface area contributed by atoms with Crippen LogP contribution in [0.3, 0.4) is 0 Å². The Balaban J connectivity index is 3.89. The standard InChI is InChI=1S/C18H27NO2/c1-4-5-6-7-8-9-10-11-12-13-14-15-17(20)19-16-18(2,3)21/h6-15,21H,4-5,16H2,1-3H3,(H,19,20)/b7-6+,9-8+,11-10+,13-12+,15-14+. The van der Waals surface area contributed by atoms with Crippen LogP contribution in [-0.2, 0) is 4.79 Å². The molecule has 0 saturated carbocycles. The van der Waals surface area contributed by atoms with Crippen molar-refractivity contribution in [1.82, 2.24) is 5.32 Å². The molecule has 0 rings (SSSR count). The first-order valence-corrected chi connectivity index (χ1v) is 7.29. The molecule has 0 radical (unpaired) electrons. The molecule has 0 atom stereocenters. The second kappa shape index (κ2) is 11.9. The molecule has 0 spiro atoms. The van der Waals surface area contributed by atoms with Crippen molar-refractivity contribution in [2.45, 2.75) is 39.2 Å². The summed E-state index contributed by atoms with van der Waals surface area (Å²) < 4.78 is 0. The smallest absolute Gasteiger partial charge is 0.244 e. The van der Waals surface area contributed by atoms with Gasteiger partial charge in [0.25, 0.3) is 0 Å². The van der Waals surface area contributed by atoms with Crippen LogP contribution in [0.4, 0.5) is 0 Å². The summed E-state index contributed by atoms with van der Waals surface area (Å²) in [6, 6.07) is 0. The van der Waals surface area contributed by atoms with Crippen molar-refractivity contribution >= 4 is 5.91 Å². The lowest BCUT2D eigenvalue weighted by molar-refractivity contribution is -0.117. The van der Waals surface area contributed by atoms with Gasteiger partial charge in [0, 0.05) is 12.6 Å². The van der Waals surface area contributed by atoms with Crippen molar-refractivity contribution in [3.8, 4) is 0 Å². The van der Waals surface area contributed by atoms with Crippen molar-refractivity contribution in [2.24, 2.45) is 0 Å². The Morgan fingerprint density at radius 3 is 2.05 bits per heavy atom. The minimum absolute atomic E-state index is 0.216. The van der Waals surface area contributed by atoms with Crippen LogP contribution in [-0.4, -0.2) is 23.2 Å². The first-order chi connectivity index (χ1) is 9.95. The molecule has 0 aromatic heterocycles. The van der Waals surface area contributed by atoms with Gasteiger partial charge in [-0.15, -0.1) is 0 Å². The molecule has 0 aliphatic heterocycles. The maximum absolute atomic E-state index is 11.4. The summed E-state index contributed by atoms with van der Waals surface area (Å²) in [6.45, 7) is 5.67. The fourth-order valence-corrected chi connectivity index (χ4v) is 1.23. The van der Waals surface area contributed by atoms with E-state index in [-0.39, 0.29) is 12.5 Å². The second-order valence-corrected chi connectivity index (χ2v) is 5.26. The maximum Gasteiger partial charge on any atom is 0.244 e. The van der Waals surface area contributed by atoms with Gasteiger partial charge < -0.3 is 10.4 Å². The Bertz CT molecular complexity index is 421. The highest BCUT2D eigenvalue weighted by atomic mass is 16.3. The van der Waals surface area contributed by atoms with Crippen molar-refractivity contribution in [2.75, 3.05) is 6.54 Å². The number of nitrogens with one attached hydrogen (secondary N) is 1. The van der Waals surface area contributed by atoms with Crippen LogP contribution < -0.4 is 5.32 Å². The fourth-order valence-electron chi connectivity index (χ4n) is 1.23. The predicted molar refractivity (Wildman–Crippen MR) is 89.9 cm³/mol. The summed E-state index contributed by atoms with van der Waals surface area (Å²) in [5, 5.41) is 12.1. The average molecular weight is 289 g/mol. The van der Waals surface area contributed by atoms with Crippen LogP contribution in [0, 0.1) is 0 Å². The number of rotatable bonds is 9. The third kappa shape index (κ3) is 16.1. The van der Waals surface area contributed by atoms with E-state index in [1.807, 2.05) is 36.5 Å². The summed E-state index contributed by atoms with van der Waals surface area (Å²) in [7, 11) is 0. The normalized spacial score (nSPS) is 13.5. The molecular weight excluding hydrogens is 262 g/mol. The number of allylic oxidation sites excluding steroid dienone is 9. The van der Waals surface area contributed by atoms with E-state index in [2.05, 4.69) is 18.3 Å². The third-order valence-electron chi connectivity index (χ3n) is 2.31. The maximum atomic E-state index is 11.4. The van der Waals surface area contributed by atoms with Crippen LogP contribution in [0.5, 0.6) is 0 Å². The van der Waals surface area contributed by atoms with Crippen LogP contribution >= 0.6 is 0 Å². The quantitative estimate of drug-likeness (QED) is 0.504. The van der Waals surface area contributed by atoms with Gasteiger partial charge in [0.05, 0.1) is 5.60 Å². The lowest BCUT2D eigenvalue weighted by Gasteiger charge is -2.16. The average Bonchev–Trinajstić information content (AvgIpc) is 2.42. The van der Waals surface area contributed by atoms with Crippen LogP contribution in [0.2, 0.25) is 0 Å². The molecule has 1 amide bonds. The zero-order valence-corrected chi connectivity index (χ0v) is 13.3. The zero-order valence-electron chi connectivity index (χ0n) is 13.3. The first kappa shape index (κ1) is 19.1. The summed E-state index contributed by atoms with van der Waals surface area (Å²) >= 11 is 0. The summed E-state index contributed by atoms with van der Waals surface area (Å²) in [6.07, 6.45) is 20.9. The Kier molecular flexibility index (Phi) is 10.9. The van der Waals surface area contributed by atoms with E-state index < -0.39 is 5.60 Å². The van der Waals surface area contributed by atoms with Crippen molar-refractivity contribution < 1.29 is 9.90 Å². The number of hydrogen-bond donors (Lipinski definition) is 2. The van der Waals surface area contributed by atoms with Crippen LogP contribution in [0.25, 0.3) is 0 Å². The van der Waals surface area contributed by atoms with Gasteiger partial charge in [-0.25, -0.2) is 0 Å². The lowest BCUT2D eigenvalue weighted by atomic mass is 10.1. The number of hydrogen-bond acceptors (Lipinski definition) is 2. The van der Waals surface area contributed by atoms with E-state index in [1.54, 1.807) is 26.0 Å². The van der Waals surface area contributed by atoms with Crippen molar-refractivity contribution in [3.63, 3.8) is 0 Å². The van der Waals surface area contributed by atoms with E-state index in [9.17, 15) is 9.90 Å². The Hall–Kier alpha value is -1.87. The molecule has 2 N–H and O–H groups in total. The van der Waals surface area contributed by atoms with Gasteiger partial charge in [0.15, 0.2) is 0 Å². The minimum atomic E-state index is -0.889. The molecule has 116 valence electrons. The topological polar surface area (TPSA) is 49.3 Å². The van der Waals surface area contributed by atoms with Crippen LogP contribution in [0.1, 0.15) is 33.6 Å². The monoisotopic (exact) mass is 289 g/mol. The summed E-state index contributed by atoms with van der Waals surface area (Å²) in [5.74, 6) is -0.216. The molecule has 0 aliphatic rings. The van der Waals surface area contributed by atoms with Gasteiger partial charge in [-0.3, -0.25) is 4.79 Å². The SMILES string of the molecule is CCC/C=C/C=C/C=C/C=C/C=C/C(=O)NCC(C)(C)O. The number of aliphatic hydroxyl groups is 1. The molecule has 0 unspecified atom stereocenters. The molecule has 0 fully saturated rings. The van der Waals surface area contributed by atoms with E-state index in [0.717, 1.165) is 6.42 Å². The van der Waals surface area contributed by atoms with Crippen molar-refractivity contribution in [1.29, 1.82) is 0 Å². The highest BCUT2D eigenvalue weighted by Gasteiger charge is 2.12. The lowest BCUT2D eigenvalue weighted by Crippen LogP contribution is -2.37. The number of carbonyl (C=O) groups excluding carboxylic acids is 1. The number of carbonyl (C=O) groups is 1. The predicted octanol–water partition coefficient (Wildman–Crippen LogP) is 3.45. The van der Waals surface area contributed by atoms with E-state index in [4.69, 9.17) is 0 Å². The molecular formula is C18H27NO2. The van der Waals surface area contributed by atoms with Gasteiger partial charge in [-0.05, 0) is 20.3 Å². The molecule has 0 bridgehead atoms. The Morgan fingerprint density at radius 2 is 1.52 bits per heavy atom. The van der Waals surface area contributed by atoms with Gasteiger partial charge in [0.2, 0.25) is 5.91 Å². The molecule has 0 aromatic carbocycles. The summed E-state index contributed by atoms with van der Waals surface area (Å²) in [4.78, 5) is 11.4. The Morgan fingerprint density at radius 1 is 1.00 bits per heavy atom. The third-order valence-corrected chi connectivity index (χ3v) is 2.31. The van der Waals surface area contributed by atoms with Crippen LogP contribution in [0.15, 0.2) is 60.8 Å². The minimum Gasteiger partial charge on any atom is -0.389 e. The first-order valence-electron chi connectivity index (χ1n) is 7.29. The van der Waals surface area contributed by atoms with Gasteiger partial charge in [0.1, 0.15) is 0 Å². The Labute approximate surface area is 128 Å². The van der Waals surface area contributed by atoms with E-state index >= 15 is 0 Å². The molecule has 0 aliphatic carbocycles. The van der Waals surface area contributed by atoms with Gasteiger partial charge >= 0.3 is 0 Å². The second-order valence-electron chi connectivity index (χ2n) is 5.26. The van der Waals surface area contributed by atoms with Gasteiger partial charge in [-0.1, -0.05) is 68.0 Å². The fraction of sp³-hybridized carbons (Fsp3) is 0.389. The molecule has 21 heavy (non-hydrogen) atoms. The van der Waals surface area contributed by atoms with Crippen molar-refractivity contribution in [3.05, 3.63) is 60.8 Å². The largest absolute Gasteiger partial charge is 0.389 e. The molecule has 3 nitrogen and oxygen atoms in total. The molecule has 0 saturated heterocycles. The molecule has 0 aromatic rings.